The molecule has 2 rings (SSSR count). The Balaban J connectivity index is 1.97. The van der Waals surface area contributed by atoms with Gasteiger partial charge in [0.25, 0.3) is 0 Å². The monoisotopic (exact) mass is 284 g/mol. The van der Waals surface area contributed by atoms with Crippen molar-refractivity contribution in [1.29, 1.82) is 0 Å². The molecule has 2 amide bonds. The summed E-state index contributed by atoms with van der Waals surface area (Å²) in [6.07, 6.45) is 0. The van der Waals surface area contributed by atoms with Crippen molar-refractivity contribution in [3.05, 3.63) is 65.2 Å². The molecule has 0 radical (unpaired) electrons. The number of hydrogen-bond donors (Lipinski definition) is 3. The molecule has 0 bridgehead atoms. The van der Waals surface area contributed by atoms with Crippen LogP contribution in [-0.2, 0) is 6.54 Å². The second kappa shape index (κ2) is 6.56. The molecule has 5 nitrogen and oxygen atoms in total. The van der Waals surface area contributed by atoms with Gasteiger partial charge < -0.3 is 15.7 Å². The van der Waals surface area contributed by atoms with Crippen LogP contribution in [-0.4, -0.2) is 17.1 Å². The second-order valence-electron chi connectivity index (χ2n) is 4.63. The lowest BCUT2D eigenvalue weighted by molar-refractivity contribution is 0.0696. The fourth-order valence-corrected chi connectivity index (χ4v) is 1.88. The molecule has 2 aromatic carbocycles. The van der Waals surface area contributed by atoms with Crippen molar-refractivity contribution in [1.82, 2.24) is 5.32 Å². The van der Waals surface area contributed by atoms with Gasteiger partial charge in [0.05, 0.1) is 5.56 Å². The maximum atomic E-state index is 11.8. The highest BCUT2D eigenvalue weighted by Crippen LogP contribution is 2.15. The van der Waals surface area contributed by atoms with E-state index in [9.17, 15) is 9.59 Å². The second-order valence-corrected chi connectivity index (χ2v) is 4.63. The molecule has 0 saturated heterocycles. The molecule has 0 spiro atoms. The number of aromatic carboxylic acids is 1. The SMILES string of the molecule is Cc1ccc(NC(=O)NCc2ccccc2)cc1C(=O)O. The van der Waals surface area contributed by atoms with Gasteiger partial charge in [-0.15, -0.1) is 0 Å². The fraction of sp³-hybridized carbons (Fsp3) is 0.125. The van der Waals surface area contributed by atoms with Gasteiger partial charge in [0, 0.05) is 12.2 Å². The van der Waals surface area contributed by atoms with Crippen molar-refractivity contribution in [3.63, 3.8) is 0 Å². The van der Waals surface area contributed by atoms with Crippen LogP contribution in [0.25, 0.3) is 0 Å². The van der Waals surface area contributed by atoms with E-state index in [1.165, 1.54) is 6.07 Å². The lowest BCUT2D eigenvalue weighted by atomic mass is 10.1. The number of urea groups is 1. The molecule has 108 valence electrons. The van der Waals surface area contributed by atoms with E-state index in [-0.39, 0.29) is 11.6 Å². The van der Waals surface area contributed by atoms with Crippen molar-refractivity contribution >= 4 is 17.7 Å². The molecule has 0 heterocycles. The Morgan fingerprint density at radius 2 is 1.81 bits per heavy atom. The smallest absolute Gasteiger partial charge is 0.336 e. The van der Waals surface area contributed by atoms with Crippen LogP contribution < -0.4 is 10.6 Å². The predicted octanol–water partition coefficient (Wildman–Crippen LogP) is 3.01. The van der Waals surface area contributed by atoms with Gasteiger partial charge in [-0.05, 0) is 30.2 Å². The quantitative estimate of drug-likeness (QED) is 0.807. The van der Waals surface area contributed by atoms with Crippen LogP contribution in [0, 0.1) is 6.92 Å². The molecule has 3 N–H and O–H groups in total. The van der Waals surface area contributed by atoms with E-state index in [2.05, 4.69) is 10.6 Å². The molecule has 21 heavy (non-hydrogen) atoms. The average Bonchev–Trinajstić information content (AvgIpc) is 2.48. The number of carbonyl (C=O) groups is 2. The van der Waals surface area contributed by atoms with Crippen LogP contribution in [0.2, 0.25) is 0 Å². The lowest BCUT2D eigenvalue weighted by Crippen LogP contribution is -2.28. The minimum atomic E-state index is -1.01. The molecule has 0 aliphatic heterocycles. The summed E-state index contributed by atoms with van der Waals surface area (Å²) in [5, 5.41) is 14.4. The number of hydrogen-bond acceptors (Lipinski definition) is 2. The summed E-state index contributed by atoms with van der Waals surface area (Å²) >= 11 is 0. The topological polar surface area (TPSA) is 78.4 Å². The zero-order valence-corrected chi connectivity index (χ0v) is 11.6. The number of carboxylic acid groups (broad SMARTS) is 1. The van der Waals surface area contributed by atoms with Crippen molar-refractivity contribution < 1.29 is 14.7 Å². The zero-order chi connectivity index (χ0) is 15.2. The molecule has 0 unspecified atom stereocenters. The van der Waals surface area contributed by atoms with E-state index in [0.717, 1.165) is 5.56 Å². The molecule has 5 heteroatoms. The van der Waals surface area contributed by atoms with Gasteiger partial charge in [0.2, 0.25) is 0 Å². The van der Waals surface area contributed by atoms with Crippen molar-refractivity contribution in [2.24, 2.45) is 0 Å². The summed E-state index contributed by atoms with van der Waals surface area (Å²) in [5.41, 5.74) is 2.26. The minimum Gasteiger partial charge on any atom is -0.478 e. The maximum absolute atomic E-state index is 11.8. The van der Waals surface area contributed by atoms with Crippen LogP contribution in [0.1, 0.15) is 21.5 Å². The van der Waals surface area contributed by atoms with Gasteiger partial charge in [0.1, 0.15) is 0 Å². The Morgan fingerprint density at radius 3 is 2.48 bits per heavy atom. The fourth-order valence-electron chi connectivity index (χ4n) is 1.88. The van der Waals surface area contributed by atoms with Crippen molar-refractivity contribution in [3.8, 4) is 0 Å². The minimum absolute atomic E-state index is 0.177. The number of anilines is 1. The Morgan fingerprint density at radius 1 is 1.10 bits per heavy atom. The van der Waals surface area contributed by atoms with E-state index >= 15 is 0 Å². The highest BCUT2D eigenvalue weighted by atomic mass is 16.4. The first-order valence-electron chi connectivity index (χ1n) is 6.49. The first-order valence-corrected chi connectivity index (χ1v) is 6.49. The van der Waals surface area contributed by atoms with Gasteiger partial charge in [-0.3, -0.25) is 0 Å². The number of rotatable bonds is 4. The summed E-state index contributed by atoms with van der Waals surface area (Å²) in [5.74, 6) is -1.01. The molecule has 0 aromatic heterocycles. The van der Waals surface area contributed by atoms with E-state index in [4.69, 9.17) is 5.11 Å². The van der Waals surface area contributed by atoms with Gasteiger partial charge in [-0.25, -0.2) is 9.59 Å². The molecule has 0 saturated carbocycles. The van der Waals surface area contributed by atoms with E-state index < -0.39 is 5.97 Å². The van der Waals surface area contributed by atoms with Crippen LogP contribution in [0.15, 0.2) is 48.5 Å². The van der Waals surface area contributed by atoms with Crippen LogP contribution in [0.4, 0.5) is 10.5 Å². The number of amides is 2. The Bertz CT molecular complexity index is 654. The number of carbonyl (C=O) groups excluding carboxylic acids is 1. The molecular weight excluding hydrogens is 268 g/mol. The van der Waals surface area contributed by atoms with Crippen LogP contribution in [0.5, 0.6) is 0 Å². The Kier molecular flexibility index (Phi) is 4.56. The van der Waals surface area contributed by atoms with Crippen LogP contribution >= 0.6 is 0 Å². The van der Waals surface area contributed by atoms with Crippen molar-refractivity contribution in [2.75, 3.05) is 5.32 Å². The molecular formula is C16H16N2O3. The third-order valence-corrected chi connectivity index (χ3v) is 3.02. The highest BCUT2D eigenvalue weighted by Gasteiger charge is 2.09. The largest absolute Gasteiger partial charge is 0.478 e. The first-order chi connectivity index (χ1) is 10.1. The summed E-state index contributed by atoms with van der Waals surface area (Å²) in [6.45, 7) is 2.12. The molecule has 0 fully saturated rings. The molecule has 0 aliphatic carbocycles. The van der Waals surface area contributed by atoms with E-state index in [0.29, 0.717) is 17.8 Å². The summed E-state index contributed by atoms with van der Waals surface area (Å²) in [6, 6.07) is 13.9. The standard InChI is InChI=1S/C16H16N2O3/c1-11-7-8-13(9-14(11)15(19)20)18-16(21)17-10-12-5-3-2-4-6-12/h2-9H,10H2,1H3,(H,19,20)(H2,17,18,21). The number of aryl methyl sites for hydroxylation is 1. The van der Waals surface area contributed by atoms with Crippen molar-refractivity contribution in [2.45, 2.75) is 13.5 Å². The van der Waals surface area contributed by atoms with E-state index in [1.807, 2.05) is 30.3 Å². The van der Waals surface area contributed by atoms with Gasteiger partial charge in [-0.2, -0.15) is 0 Å². The lowest BCUT2D eigenvalue weighted by Gasteiger charge is -2.09. The van der Waals surface area contributed by atoms with Gasteiger partial charge >= 0.3 is 12.0 Å². The van der Waals surface area contributed by atoms with Gasteiger partial charge in [-0.1, -0.05) is 36.4 Å². The molecule has 0 atom stereocenters. The number of benzene rings is 2. The third-order valence-electron chi connectivity index (χ3n) is 3.02. The average molecular weight is 284 g/mol. The molecule has 2 aromatic rings. The maximum Gasteiger partial charge on any atom is 0.336 e. The highest BCUT2D eigenvalue weighted by molar-refractivity contribution is 5.94. The summed E-state index contributed by atoms with van der Waals surface area (Å²) in [7, 11) is 0. The normalized spacial score (nSPS) is 9.95. The Hall–Kier alpha value is -2.82. The van der Waals surface area contributed by atoms with E-state index in [1.54, 1.807) is 19.1 Å². The zero-order valence-electron chi connectivity index (χ0n) is 11.6. The predicted molar refractivity (Wildman–Crippen MR) is 80.4 cm³/mol. The summed E-state index contributed by atoms with van der Waals surface area (Å²) in [4.78, 5) is 22.8. The summed E-state index contributed by atoms with van der Waals surface area (Å²) < 4.78 is 0. The first kappa shape index (κ1) is 14.6. The third kappa shape index (κ3) is 4.07. The number of carboxylic acids is 1. The Labute approximate surface area is 122 Å². The number of nitrogens with one attached hydrogen (secondary N) is 2. The van der Waals surface area contributed by atoms with Crippen LogP contribution in [0.3, 0.4) is 0 Å². The van der Waals surface area contributed by atoms with Gasteiger partial charge in [0.15, 0.2) is 0 Å². The molecule has 0 aliphatic rings.